The van der Waals surface area contributed by atoms with Gasteiger partial charge in [-0.3, -0.25) is 0 Å². The Balaban J connectivity index is 2.16. The van der Waals surface area contributed by atoms with E-state index in [1.807, 2.05) is 11.3 Å². The molecule has 2 aromatic rings. The van der Waals surface area contributed by atoms with E-state index < -0.39 is 0 Å². The van der Waals surface area contributed by atoms with Gasteiger partial charge in [-0.05, 0) is 37.5 Å². The predicted octanol–water partition coefficient (Wildman–Crippen LogP) is 3.59. The molecule has 0 aliphatic rings. The maximum absolute atomic E-state index is 2.29. The molecule has 1 atom stereocenters. The second-order valence-electron chi connectivity index (χ2n) is 4.18. The molecule has 0 aliphatic carbocycles. The number of nitrogens with zero attached hydrogens (tertiary/aromatic N) is 1. The second kappa shape index (κ2) is 5.28. The Morgan fingerprint density at radius 2 is 1.81 bits per heavy atom. The van der Waals surface area contributed by atoms with Gasteiger partial charge in [0.25, 0.3) is 0 Å². The number of benzene rings is 1. The third-order valence-electron chi connectivity index (χ3n) is 2.77. The first kappa shape index (κ1) is 11.4. The molecule has 1 aromatic heterocycles. The van der Waals surface area contributed by atoms with Crippen molar-refractivity contribution in [2.45, 2.75) is 12.5 Å². The molecule has 2 heteroatoms. The van der Waals surface area contributed by atoms with Crippen LogP contribution in [0.5, 0.6) is 0 Å². The summed E-state index contributed by atoms with van der Waals surface area (Å²) in [4.78, 5) is 3.73. The van der Waals surface area contributed by atoms with Crippen LogP contribution >= 0.6 is 11.3 Å². The van der Waals surface area contributed by atoms with Gasteiger partial charge in [0.2, 0.25) is 0 Å². The van der Waals surface area contributed by atoms with E-state index in [-0.39, 0.29) is 0 Å². The third-order valence-corrected chi connectivity index (χ3v) is 3.74. The number of likely N-dealkylation sites (N-methyl/N-ethyl adjacent to an activating group) is 1. The summed E-state index contributed by atoms with van der Waals surface area (Å²) in [5, 5.41) is 2.15. The topological polar surface area (TPSA) is 3.24 Å². The maximum atomic E-state index is 2.29. The first-order valence-corrected chi connectivity index (χ1v) is 6.39. The first-order valence-electron chi connectivity index (χ1n) is 5.51. The standard InChI is InChI=1S/C14H17NS/c1-15(2)13(14-9-6-10-16-14)11-12-7-4-3-5-8-12/h3-10,13H,11H2,1-2H3. The van der Waals surface area contributed by atoms with E-state index >= 15 is 0 Å². The van der Waals surface area contributed by atoms with Gasteiger partial charge >= 0.3 is 0 Å². The summed E-state index contributed by atoms with van der Waals surface area (Å²) in [7, 11) is 4.29. The van der Waals surface area contributed by atoms with Crippen LogP contribution in [0.4, 0.5) is 0 Å². The van der Waals surface area contributed by atoms with Crippen LogP contribution in [0, 0.1) is 0 Å². The van der Waals surface area contributed by atoms with Crippen LogP contribution in [0.2, 0.25) is 0 Å². The minimum Gasteiger partial charge on any atom is -0.301 e. The highest BCUT2D eigenvalue weighted by atomic mass is 32.1. The lowest BCUT2D eigenvalue weighted by Gasteiger charge is -2.23. The molecule has 1 unspecified atom stereocenters. The molecule has 1 nitrogen and oxygen atoms in total. The lowest BCUT2D eigenvalue weighted by Crippen LogP contribution is -2.21. The fourth-order valence-electron chi connectivity index (χ4n) is 1.86. The Kier molecular flexibility index (Phi) is 3.75. The predicted molar refractivity (Wildman–Crippen MR) is 70.9 cm³/mol. The summed E-state index contributed by atoms with van der Waals surface area (Å²) < 4.78 is 0. The molecule has 0 aliphatic heterocycles. The van der Waals surface area contributed by atoms with Gasteiger partial charge in [0.1, 0.15) is 0 Å². The van der Waals surface area contributed by atoms with Crippen molar-refractivity contribution in [3.05, 3.63) is 58.3 Å². The second-order valence-corrected chi connectivity index (χ2v) is 5.16. The molecule has 2 rings (SSSR count). The molecule has 84 valence electrons. The van der Waals surface area contributed by atoms with Crippen LogP contribution in [0.15, 0.2) is 47.8 Å². The number of hydrogen-bond acceptors (Lipinski definition) is 2. The quantitative estimate of drug-likeness (QED) is 0.777. The zero-order valence-corrected chi connectivity index (χ0v) is 10.6. The van der Waals surface area contributed by atoms with Crippen LogP contribution in [0.3, 0.4) is 0 Å². The van der Waals surface area contributed by atoms with Gasteiger partial charge in [0.15, 0.2) is 0 Å². The van der Waals surface area contributed by atoms with E-state index in [1.165, 1.54) is 10.4 Å². The molecule has 0 spiro atoms. The summed E-state index contributed by atoms with van der Waals surface area (Å²) in [6.45, 7) is 0. The van der Waals surface area contributed by atoms with Crippen LogP contribution < -0.4 is 0 Å². The minimum absolute atomic E-state index is 0.488. The summed E-state index contributed by atoms with van der Waals surface area (Å²) in [5.74, 6) is 0. The fraction of sp³-hybridized carbons (Fsp3) is 0.286. The summed E-state index contributed by atoms with van der Waals surface area (Å²) in [6, 6.07) is 15.5. The highest BCUT2D eigenvalue weighted by molar-refractivity contribution is 7.10. The molecule has 16 heavy (non-hydrogen) atoms. The lowest BCUT2D eigenvalue weighted by atomic mass is 10.0. The maximum Gasteiger partial charge on any atom is 0.0475 e. The van der Waals surface area contributed by atoms with E-state index in [0.717, 1.165) is 6.42 Å². The third kappa shape index (κ3) is 2.71. The van der Waals surface area contributed by atoms with E-state index in [9.17, 15) is 0 Å². The zero-order valence-electron chi connectivity index (χ0n) is 9.76. The Labute approximate surface area is 101 Å². The summed E-state index contributed by atoms with van der Waals surface area (Å²) in [5.41, 5.74) is 1.40. The average molecular weight is 231 g/mol. The van der Waals surface area contributed by atoms with Crippen molar-refractivity contribution < 1.29 is 0 Å². The average Bonchev–Trinajstić information content (AvgIpc) is 2.80. The van der Waals surface area contributed by atoms with Crippen molar-refractivity contribution in [2.75, 3.05) is 14.1 Å². The summed E-state index contributed by atoms with van der Waals surface area (Å²) in [6.07, 6.45) is 1.08. The molecule has 0 saturated heterocycles. The van der Waals surface area contributed by atoms with E-state index in [4.69, 9.17) is 0 Å². The van der Waals surface area contributed by atoms with Crippen LogP contribution in [-0.2, 0) is 6.42 Å². The van der Waals surface area contributed by atoms with E-state index in [0.29, 0.717) is 6.04 Å². The van der Waals surface area contributed by atoms with Gasteiger partial charge < -0.3 is 4.90 Å². The van der Waals surface area contributed by atoms with Gasteiger partial charge in [-0.15, -0.1) is 11.3 Å². The molecule has 0 bridgehead atoms. The van der Waals surface area contributed by atoms with Crippen molar-refractivity contribution in [1.29, 1.82) is 0 Å². The number of rotatable bonds is 4. The van der Waals surface area contributed by atoms with Gasteiger partial charge in [0, 0.05) is 10.9 Å². The van der Waals surface area contributed by atoms with Crippen molar-refractivity contribution >= 4 is 11.3 Å². The number of thiophene rings is 1. The fourth-order valence-corrected chi connectivity index (χ4v) is 2.78. The van der Waals surface area contributed by atoms with Crippen LogP contribution in [0.1, 0.15) is 16.5 Å². The van der Waals surface area contributed by atoms with Crippen molar-refractivity contribution in [2.24, 2.45) is 0 Å². The Bertz CT molecular complexity index is 406. The Hall–Kier alpha value is -1.12. The minimum atomic E-state index is 0.488. The highest BCUT2D eigenvalue weighted by Gasteiger charge is 2.15. The molecular weight excluding hydrogens is 214 g/mol. The van der Waals surface area contributed by atoms with E-state index in [1.54, 1.807) is 0 Å². The highest BCUT2D eigenvalue weighted by Crippen LogP contribution is 2.26. The van der Waals surface area contributed by atoms with Crippen molar-refractivity contribution in [3.8, 4) is 0 Å². The van der Waals surface area contributed by atoms with Crippen molar-refractivity contribution in [1.82, 2.24) is 4.90 Å². The first-order chi connectivity index (χ1) is 7.77. The SMILES string of the molecule is CN(C)C(Cc1ccccc1)c1cccs1. The molecule has 0 N–H and O–H groups in total. The van der Waals surface area contributed by atoms with Gasteiger partial charge in [-0.25, -0.2) is 0 Å². The number of hydrogen-bond donors (Lipinski definition) is 0. The Morgan fingerprint density at radius 1 is 1.06 bits per heavy atom. The van der Waals surface area contributed by atoms with Crippen LogP contribution in [-0.4, -0.2) is 19.0 Å². The largest absolute Gasteiger partial charge is 0.301 e. The molecule has 1 aromatic carbocycles. The van der Waals surface area contributed by atoms with Crippen molar-refractivity contribution in [3.63, 3.8) is 0 Å². The molecule has 0 saturated carbocycles. The molecule has 0 radical (unpaired) electrons. The molecule has 0 fully saturated rings. The molecular formula is C14H17NS. The van der Waals surface area contributed by atoms with E-state index in [2.05, 4.69) is 66.8 Å². The van der Waals surface area contributed by atoms with Gasteiger partial charge in [-0.2, -0.15) is 0 Å². The summed E-state index contributed by atoms with van der Waals surface area (Å²) >= 11 is 1.84. The smallest absolute Gasteiger partial charge is 0.0475 e. The van der Waals surface area contributed by atoms with Crippen LogP contribution in [0.25, 0.3) is 0 Å². The normalized spacial score (nSPS) is 12.9. The lowest BCUT2D eigenvalue weighted by molar-refractivity contribution is 0.302. The molecule has 1 heterocycles. The molecule has 0 amide bonds. The van der Waals surface area contributed by atoms with Gasteiger partial charge in [0.05, 0.1) is 0 Å². The van der Waals surface area contributed by atoms with Gasteiger partial charge in [-0.1, -0.05) is 36.4 Å². The Morgan fingerprint density at radius 3 is 2.38 bits per heavy atom. The monoisotopic (exact) mass is 231 g/mol. The zero-order chi connectivity index (χ0) is 11.4.